The van der Waals surface area contributed by atoms with Crippen LogP contribution in [-0.4, -0.2) is 62.0 Å². The molecule has 1 fully saturated rings. The van der Waals surface area contributed by atoms with E-state index in [1.54, 1.807) is 0 Å². The molecule has 5 nitrogen and oxygen atoms in total. The van der Waals surface area contributed by atoms with Crippen LogP contribution in [0.1, 0.15) is 10.9 Å². The number of nitrogens with one attached hydrogen (secondary N) is 1. The van der Waals surface area contributed by atoms with Crippen molar-refractivity contribution in [2.75, 3.05) is 46.3 Å². The lowest BCUT2D eigenvalue weighted by Crippen LogP contribution is -2.47. The van der Waals surface area contributed by atoms with Crippen LogP contribution in [-0.2, 0) is 4.79 Å². The van der Waals surface area contributed by atoms with Gasteiger partial charge in [-0.1, -0.05) is 6.07 Å². The molecule has 0 bridgehead atoms. The van der Waals surface area contributed by atoms with E-state index in [2.05, 4.69) is 22.2 Å². The number of rotatable bonds is 5. The lowest BCUT2D eigenvalue weighted by molar-refractivity contribution is -0.122. The van der Waals surface area contributed by atoms with Crippen LogP contribution in [0.15, 0.2) is 17.5 Å². The molecule has 106 valence electrons. The lowest BCUT2D eigenvalue weighted by atomic mass is 10.2. The Morgan fingerprint density at radius 1 is 1.47 bits per heavy atom. The zero-order chi connectivity index (χ0) is 13.7. The molecule has 0 aromatic carbocycles. The summed E-state index contributed by atoms with van der Waals surface area (Å²) in [5.41, 5.74) is 5.90. The van der Waals surface area contributed by atoms with Gasteiger partial charge in [-0.05, 0) is 18.5 Å². The summed E-state index contributed by atoms with van der Waals surface area (Å²) in [6.45, 7) is 5.91. The highest BCUT2D eigenvalue weighted by molar-refractivity contribution is 7.10. The molecule has 1 aromatic heterocycles. The lowest BCUT2D eigenvalue weighted by Gasteiger charge is -2.32. The molecule has 2 rings (SSSR count). The first kappa shape index (κ1) is 14.5. The predicted molar refractivity (Wildman–Crippen MR) is 78.2 cm³/mol. The molecule has 1 aromatic rings. The number of nitrogens with two attached hydrogens (primary N) is 1. The third-order valence-corrected chi connectivity index (χ3v) is 4.41. The quantitative estimate of drug-likeness (QED) is 0.805. The third-order valence-electron chi connectivity index (χ3n) is 3.46. The highest BCUT2D eigenvalue weighted by Gasteiger charge is 2.17. The van der Waals surface area contributed by atoms with Gasteiger partial charge in [-0.3, -0.25) is 9.69 Å². The summed E-state index contributed by atoms with van der Waals surface area (Å²) in [6.07, 6.45) is 0. The molecule has 1 aliphatic heterocycles. The van der Waals surface area contributed by atoms with Crippen molar-refractivity contribution in [2.24, 2.45) is 5.73 Å². The Balaban J connectivity index is 1.66. The first-order valence-electron chi connectivity index (χ1n) is 6.64. The summed E-state index contributed by atoms with van der Waals surface area (Å²) in [7, 11) is 2.14. The van der Waals surface area contributed by atoms with Gasteiger partial charge in [-0.2, -0.15) is 0 Å². The minimum Gasteiger partial charge on any atom is -0.353 e. The van der Waals surface area contributed by atoms with Gasteiger partial charge in [-0.15, -0.1) is 11.3 Å². The number of carbonyl (C=O) groups is 1. The maximum absolute atomic E-state index is 11.9. The first-order chi connectivity index (χ1) is 9.16. The van der Waals surface area contributed by atoms with Crippen molar-refractivity contribution in [1.29, 1.82) is 0 Å². The predicted octanol–water partition coefficient (Wildman–Crippen LogP) is 0.112. The number of amides is 1. The van der Waals surface area contributed by atoms with E-state index in [0.717, 1.165) is 37.6 Å². The van der Waals surface area contributed by atoms with Crippen molar-refractivity contribution in [3.63, 3.8) is 0 Å². The summed E-state index contributed by atoms with van der Waals surface area (Å²) in [5.74, 6) is -0.0865. The minimum absolute atomic E-state index is 0.0865. The van der Waals surface area contributed by atoms with Crippen molar-refractivity contribution >= 4 is 17.2 Å². The Morgan fingerprint density at radius 3 is 2.84 bits per heavy atom. The smallest absolute Gasteiger partial charge is 0.242 e. The summed E-state index contributed by atoms with van der Waals surface area (Å²) in [4.78, 5) is 17.5. The summed E-state index contributed by atoms with van der Waals surface area (Å²) in [6, 6.07) is 3.28. The van der Waals surface area contributed by atoms with Crippen molar-refractivity contribution in [1.82, 2.24) is 15.1 Å². The molecule has 0 radical (unpaired) electrons. The maximum Gasteiger partial charge on any atom is 0.242 e. The van der Waals surface area contributed by atoms with Crippen LogP contribution in [0.25, 0.3) is 0 Å². The molecule has 1 saturated heterocycles. The van der Waals surface area contributed by atoms with Crippen molar-refractivity contribution < 1.29 is 4.79 Å². The molecule has 3 N–H and O–H groups in total. The van der Waals surface area contributed by atoms with Gasteiger partial charge in [0.25, 0.3) is 0 Å². The molecule has 1 atom stereocenters. The highest BCUT2D eigenvalue weighted by Crippen LogP contribution is 2.16. The average molecular weight is 282 g/mol. The zero-order valence-corrected chi connectivity index (χ0v) is 12.2. The van der Waals surface area contributed by atoms with Crippen LogP contribution in [0.4, 0.5) is 0 Å². The molecule has 0 spiro atoms. The van der Waals surface area contributed by atoms with Crippen LogP contribution in [0.2, 0.25) is 0 Å². The van der Waals surface area contributed by atoms with Gasteiger partial charge in [-0.25, -0.2) is 0 Å². The Bertz CT molecular complexity index is 387. The SMILES string of the molecule is CN1CCN(CCNC(=O)C(N)c2cccs2)CC1. The van der Waals surface area contributed by atoms with E-state index >= 15 is 0 Å². The number of thiophene rings is 1. The average Bonchev–Trinajstić information content (AvgIpc) is 2.94. The Kier molecular flexibility index (Phi) is 5.33. The molecule has 6 heteroatoms. The number of hydrogen-bond donors (Lipinski definition) is 2. The summed E-state index contributed by atoms with van der Waals surface area (Å²) in [5, 5.41) is 4.85. The largest absolute Gasteiger partial charge is 0.353 e. The topological polar surface area (TPSA) is 61.6 Å². The monoisotopic (exact) mass is 282 g/mol. The van der Waals surface area contributed by atoms with E-state index in [4.69, 9.17) is 5.73 Å². The molecular formula is C13H22N4OS. The molecular weight excluding hydrogens is 260 g/mol. The second-order valence-electron chi connectivity index (χ2n) is 4.93. The second kappa shape index (κ2) is 7.00. The van der Waals surface area contributed by atoms with Gasteiger partial charge >= 0.3 is 0 Å². The van der Waals surface area contributed by atoms with Gasteiger partial charge in [0.15, 0.2) is 0 Å². The number of carbonyl (C=O) groups excluding carboxylic acids is 1. The van der Waals surface area contributed by atoms with E-state index in [1.165, 1.54) is 11.3 Å². The number of piperazine rings is 1. The van der Waals surface area contributed by atoms with Gasteiger partial charge in [0.05, 0.1) is 0 Å². The van der Waals surface area contributed by atoms with Crippen LogP contribution in [0.5, 0.6) is 0 Å². The van der Waals surface area contributed by atoms with E-state index in [9.17, 15) is 4.79 Å². The molecule has 1 amide bonds. The van der Waals surface area contributed by atoms with Crippen LogP contribution in [0, 0.1) is 0 Å². The fourth-order valence-corrected chi connectivity index (χ4v) is 2.84. The second-order valence-corrected chi connectivity index (χ2v) is 5.91. The van der Waals surface area contributed by atoms with E-state index in [1.807, 2.05) is 17.5 Å². The zero-order valence-electron chi connectivity index (χ0n) is 11.3. The van der Waals surface area contributed by atoms with Gasteiger partial charge in [0.2, 0.25) is 5.91 Å². The number of nitrogens with zero attached hydrogens (tertiary/aromatic N) is 2. The van der Waals surface area contributed by atoms with E-state index in [0.29, 0.717) is 6.54 Å². The van der Waals surface area contributed by atoms with Crippen LogP contribution >= 0.6 is 11.3 Å². The van der Waals surface area contributed by atoms with E-state index in [-0.39, 0.29) is 5.91 Å². The van der Waals surface area contributed by atoms with Gasteiger partial charge in [0, 0.05) is 44.1 Å². The van der Waals surface area contributed by atoms with E-state index < -0.39 is 6.04 Å². The third kappa shape index (κ3) is 4.28. The minimum atomic E-state index is -0.535. The van der Waals surface area contributed by atoms with Crippen molar-refractivity contribution in [3.05, 3.63) is 22.4 Å². The standard InChI is InChI=1S/C13H22N4OS/c1-16-6-8-17(9-7-16)5-4-15-13(18)12(14)11-3-2-10-19-11/h2-3,10,12H,4-9,14H2,1H3,(H,15,18). The van der Waals surface area contributed by atoms with Crippen molar-refractivity contribution in [2.45, 2.75) is 6.04 Å². The van der Waals surface area contributed by atoms with Crippen molar-refractivity contribution in [3.8, 4) is 0 Å². The van der Waals surface area contributed by atoms with Crippen LogP contribution < -0.4 is 11.1 Å². The van der Waals surface area contributed by atoms with Crippen LogP contribution in [0.3, 0.4) is 0 Å². The Morgan fingerprint density at radius 2 is 2.21 bits per heavy atom. The number of hydrogen-bond acceptors (Lipinski definition) is 5. The maximum atomic E-state index is 11.9. The molecule has 19 heavy (non-hydrogen) atoms. The normalized spacial score (nSPS) is 19.3. The Labute approximate surface area is 118 Å². The number of likely N-dealkylation sites (N-methyl/N-ethyl adjacent to an activating group) is 1. The molecule has 0 saturated carbocycles. The van der Waals surface area contributed by atoms with Gasteiger partial charge < -0.3 is 16.0 Å². The fraction of sp³-hybridized carbons (Fsp3) is 0.615. The Hall–Kier alpha value is -0.950. The van der Waals surface area contributed by atoms with Gasteiger partial charge in [0.1, 0.15) is 6.04 Å². The molecule has 1 unspecified atom stereocenters. The first-order valence-corrected chi connectivity index (χ1v) is 7.52. The summed E-state index contributed by atoms with van der Waals surface area (Å²) < 4.78 is 0. The summed E-state index contributed by atoms with van der Waals surface area (Å²) >= 11 is 1.52. The fourth-order valence-electron chi connectivity index (χ4n) is 2.12. The molecule has 0 aliphatic carbocycles. The molecule has 2 heterocycles. The highest BCUT2D eigenvalue weighted by atomic mass is 32.1. The molecule has 1 aliphatic rings.